The lowest BCUT2D eigenvalue weighted by atomic mass is 9.59. The third-order valence-electron chi connectivity index (χ3n) is 8.44. The van der Waals surface area contributed by atoms with Crippen LogP contribution >= 0.6 is 0 Å². The van der Waals surface area contributed by atoms with E-state index in [-0.39, 0.29) is 58.4 Å². The van der Waals surface area contributed by atoms with Gasteiger partial charge in [-0.25, -0.2) is 0 Å². The number of methoxy groups -OCH3 is 1. The Bertz CT molecular complexity index is 1630. The number of carbonyl (C=O) groups is 4. The standard InChI is InChI=1S/C30H24N2O8/c1-14-12-22(33)26-21(27(14)34)13-20-17(24(26)18-4-3-5-23(40-2)28(18)35)10-11-19-25(20)30(37)31(29(19)36)15-6-8-16(9-7-15)32(38)39/h3-10,12,19-20,24-25,35H,11,13H2,1-2H3/t19-,20+,24+,25-/m0/s1. The minimum atomic E-state index is -0.805. The van der Waals surface area contributed by atoms with E-state index in [1.54, 1.807) is 25.1 Å². The maximum atomic E-state index is 13.9. The van der Waals surface area contributed by atoms with Gasteiger partial charge in [0.1, 0.15) is 0 Å². The van der Waals surface area contributed by atoms with Crippen molar-refractivity contribution in [3.8, 4) is 11.5 Å². The normalized spacial score (nSPS) is 25.7. The van der Waals surface area contributed by atoms with Crippen molar-refractivity contribution in [3.05, 3.63) is 92.6 Å². The van der Waals surface area contributed by atoms with Gasteiger partial charge >= 0.3 is 0 Å². The molecular formula is C30H24N2O8. The predicted octanol–water partition coefficient (Wildman–Crippen LogP) is 3.94. The molecule has 2 amide bonds. The molecule has 1 fully saturated rings. The van der Waals surface area contributed by atoms with E-state index in [0.717, 1.165) is 4.90 Å². The molecule has 0 radical (unpaired) electrons. The first-order valence-corrected chi connectivity index (χ1v) is 12.8. The van der Waals surface area contributed by atoms with Crippen molar-refractivity contribution in [1.29, 1.82) is 0 Å². The summed E-state index contributed by atoms with van der Waals surface area (Å²) < 4.78 is 5.30. The molecule has 0 aromatic heterocycles. The maximum Gasteiger partial charge on any atom is 0.269 e. The Hall–Kier alpha value is -4.86. The van der Waals surface area contributed by atoms with Crippen LogP contribution in [0.15, 0.2) is 76.9 Å². The second-order valence-corrected chi connectivity index (χ2v) is 10.4. The van der Waals surface area contributed by atoms with Crippen LogP contribution in [0.5, 0.6) is 11.5 Å². The molecule has 2 aromatic carbocycles. The monoisotopic (exact) mass is 540 g/mol. The fourth-order valence-corrected chi connectivity index (χ4v) is 6.65. The number of hydrogen-bond acceptors (Lipinski definition) is 8. The number of aromatic hydroxyl groups is 1. The molecule has 4 atom stereocenters. The van der Waals surface area contributed by atoms with Gasteiger partial charge in [-0.1, -0.05) is 23.8 Å². The van der Waals surface area contributed by atoms with Crippen LogP contribution in [-0.4, -0.2) is 40.5 Å². The van der Waals surface area contributed by atoms with Crippen molar-refractivity contribution in [2.24, 2.45) is 17.8 Å². The Balaban J connectivity index is 1.47. The van der Waals surface area contributed by atoms with Crippen LogP contribution in [0.2, 0.25) is 0 Å². The molecule has 0 bridgehead atoms. The number of imide groups is 1. The third-order valence-corrected chi connectivity index (χ3v) is 8.44. The van der Waals surface area contributed by atoms with Crippen molar-refractivity contribution in [2.45, 2.75) is 25.7 Å². The minimum absolute atomic E-state index is 0.104. The second-order valence-electron chi connectivity index (χ2n) is 10.4. The molecule has 10 nitrogen and oxygen atoms in total. The number of hydrogen-bond donors (Lipinski definition) is 1. The Morgan fingerprint density at radius 3 is 2.42 bits per heavy atom. The molecule has 10 heteroatoms. The number of carbonyl (C=O) groups excluding carboxylic acids is 4. The minimum Gasteiger partial charge on any atom is -0.504 e. The Kier molecular flexibility index (Phi) is 5.79. The van der Waals surface area contributed by atoms with Crippen molar-refractivity contribution in [3.63, 3.8) is 0 Å². The van der Waals surface area contributed by atoms with Crippen LogP contribution in [0.25, 0.3) is 0 Å². The smallest absolute Gasteiger partial charge is 0.269 e. The lowest BCUT2D eigenvalue weighted by molar-refractivity contribution is -0.384. The number of nitro benzene ring substituents is 1. The molecule has 1 N–H and O–H groups in total. The van der Waals surface area contributed by atoms with Gasteiger partial charge in [0.15, 0.2) is 23.1 Å². The number of phenolic OH excluding ortho intramolecular Hbond substituents is 1. The van der Waals surface area contributed by atoms with E-state index < -0.39 is 40.4 Å². The molecule has 1 aliphatic heterocycles. The van der Waals surface area contributed by atoms with Gasteiger partial charge in [-0.05, 0) is 50.0 Å². The molecule has 3 aliphatic carbocycles. The summed E-state index contributed by atoms with van der Waals surface area (Å²) in [6.07, 6.45) is 3.49. The average Bonchev–Trinajstić information content (AvgIpc) is 3.20. The van der Waals surface area contributed by atoms with Crippen LogP contribution in [0.3, 0.4) is 0 Å². The SMILES string of the molecule is COc1cccc([C@H]2C3=CC[C@@H]4C(=O)N(c5ccc([N+](=O)[O-])cc5)C(=O)[C@@H]4[C@@H]3CC3=C2C(=O)C=C(C)C3=O)c1O. The van der Waals surface area contributed by atoms with Crippen LogP contribution in [0, 0.1) is 27.9 Å². The fourth-order valence-electron chi connectivity index (χ4n) is 6.65. The fraction of sp³-hybridized carbons (Fsp3) is 0.267. The van der Waals surface area contributed by atoms with Gasteiger partial charge in [0.2, 0.25) is 11.8 Å². The number of rotatable bonds is 4. The number of anilines is 1. The largest absolute Gasteiger partial charge is 0.504 e. The molecule has 1 heterocycles. The van der Waals surface area contributed by atoms with Crippen LogP contribution < -0.4 is 9.64 Å². The number of Topliss-reactive ketones (excluding diaryl/α,β-unsaturated/α-hetero) is 1. The number of ketones is 2. The van der Waals surface area contributed by atoms with Crippen LogP contribution in [0.4, 0.5) is 11.4 Å². The van der Waals surface area contributed by atoms with E-state index in [1.807, 2.05) is 6.08 Å². The third kappa shape index (κ3) is 3.55. The van der Waals surface area contributed by atoms with Gasteiger partial charge in [-0.2, -0.15) is 0 Å². The molecule has 6 rings (SSSR count). The highest BCUT2D eigenvalue weighted by Crippen LogP contribution is 2.57. The summed E-state index contributed by atoms with van der Waals surface area (Å²) in [7, 11) is 1.41. The number of phenols is 1. The lowest BCUT2D eigenvalue weighted by Crippen LogP contribution is -2.39. The first-order chi connectivity index (χ1) is 19.1. The Morgan fingerprint density at radius 2 is 1.75 bits per heavy atom. The summed E-state index contributed by atoms with van der Waals surface area (Å²) >= 11 is 0. The first-order valence-electron chi connectivity index (χ1n) is 12.8. The zero-order chi connectivity index (χ0) is 28.5. The summed E-state index contributed by atoms with van der Waals surface area (Å²) in [6, 6.07) is 10.1. The Labute approximate surface area is 228 Å². The van der Waals surface area contributed by atoms with Gasteiger partial charge in [0.05, 0.1) is 29.6 Å². The van der Waals surface area contributed by atoms with Crippen LogP contribution in [0.1, 0.15) is 31.2 Å². The maximum absolute atomic E-state index is 13.9. The van der Waals surface area contributed by atoms with E-state index >= 15 is 0 Å². The van der Waals surface area contributed by atoms with Crippen molar-refractivity contribution >= 4 is 34.8 Å². The number of ether oxygens (including phenoxy) is 1. The highest BCUT2D eigenvalue weighted by atomic mass is 16.6. The molecule has 4 aliphatic rings. The second kappa shape index (κ2) is 9.11. The van der Waals surface area contributed by atoms with Gasteiger partial charge in [-0.3, -0.25) is 34.2 Å². The number of allylic oxidation sites excluding steroid dienone is 6. The number of benzene rings is 2. The van der Waals surface area contributed by atoms with E-state index in [4.69, 9.17) is 4.74 Å². The number of para-hydroxylation sites is 1. The Morgan fingerprint density at radius 1 is 1.02 bits per heavy atom. The van der Waals surface area contributed by atoms with Crippen molar-refractivity contribution in [1.82, 2.24) is 0 Å². The van der Waals surface area contributed by atoms with E-state index in [0.29, 0.717) is 16.7 Å². The summed E-state index contributed by atoms with van der Waals surface area (Å²) in [4.78, 5) is 65.8. The number of non-ortho nitro benzene ring substituents is 1. The molecule has 202 valence electrons. The van der Waals surface area contributed by atoms with E-state index in [2.05, 4.69) is 0 Å². The number of amides is 2. The van der Waals surface area contributed by atoms with Gasteiger partial charge < -0.3 is 9.84 Å². The molecule has 0 spiro atoms. The zero-order valence-corrected chi connectivity index (χ0v) is 21.6. The molecule has 2 aromatic rings. The topological polar surface area (TPSA) is 144 Å². The van der Waals surface area contributed by atoms with E-state index in [1.165, 1.54) is 37.5 Å². The quantitative estimate of drug-likeness (QED) is 0.202. The van der Waals surface area contributed by atoms with Gasteiger partial charge in [0.25, 0.3) is 5.69 Å². The predicted molar refractivity (Wildman–Crippen MR) is 142 cm³/mol. The molecule has 1 saturated heterocycles. The number of fused-ring (bicyclic) bond motifs is 3. The average molecular weight is 541 g/mol. The van der Waals surface area contributed by atoms with Crippen molar-refractivity contribution in [2.75, 3.05) is 12.0 Å². The van der Waals surface area contributed by atoms with Crippen LogP contribution in [-0.2, 0) is 19.2 Å². The molecule has 40 heavy (non-hydrogen) atoms. The molecule has 0 saturated carbocycles. The highest BCUT2D eigenvalue weighted by Gasteiger charge is 2.56. The summed E-state index contributed by atoms with van der Waals surface area (Å²) in [5.74, 6) is -4.34. The van der Waals surface area contributed by atoms with E-state index in [9.17, 15) is 34.4 Å². The zero-order valence-electron chi connectivity index (χ0n) is 21.6. The number of nitro groups is 1. The summed E-state index contributed by atoms with van der Waals surface area (Å²) in [5, 5.41) is 22.2. The molecule has 0 unspecified atom stereocenters. The lowest BCUT2D eigenvalue weighted by Gasteiger charge is -2.42. The highest BCUT2D eigenvalue weighted by molar-refractivity contribution is 6.25. The number of nitrogens with zero attached hydrogens (tertiary/aromatic N) is 2. The summed E-state index contributed by atoms with van der Waals surface area (Å²) in [5.41, 5.74) is 1.98. The summed E-state index contributed by atoms with van der Waals surface area (Å²) in [6.45, 7) is 1.57. The molecular weight excluding hydrogens is 516 g/mol. The van der Waals surface area contributed by atoms with Crippen molar-refractivity contribution < 1.29 is 33.9 Å². The first kappa shape index (κ1) is 25.4. The van der Waals surface area contributed by atoms with Gasteiger partial charge in [0, 0.05) is 40.3 Å². The van der Waals surface area contributed by atoms with Gasteiger partial charge in [-0.15, -0.1) is 0 Å².